The first-order chi connectivity index (χ1) is 12.6. The summed E-state index contributed by atoms with van der Waals surface area (Å²) in [5.41, 5.74) is 3.30. The van der Waals surface area contributed by atoms with Crippen molar-refractivity contribution in [1.82, 2.24) is 24.6 Å². The number of carbonyl (C=O) groups is 1. The molecule has 3 rings (SSSR count). The Morgan fingerprint density at radius 3 is 2.62 bits per heavy atom. The third-order valence-corrected chi connectivity index (χ3v) is 5.20. The number of nitrogens with zero attached hydrogens (tertiary/aromatic N) is 5. The van der Waals surface area contributed by atoms with Crippen LogP contribution in [0.5, 0.6) is 0 Å². The van der Waals surface area contributed by atoms with Crippen LogP contribution in [0.4, 0.5) is 0 Å². The minimum atomic E-state index is 0.0618. The number of aromatic nitrogens is 4. The molecule has 0 saturated carbocycles. The molecule has 0 bridgehead atoms. The van der Waals surface area contributed by atoms with Crippen LogP contribution < -0.4 is 0 Å². The number of thioether (sulfide) groups is 1. The Balaban J connectivity index is 1.61. The van der Waals surface area contributed by atoms with Crippen LogP contribution in [0.2, 0.25) is 0 Å². The number of hydrogen-bond acceptors (Lipinski definition) is 5. The van der Waals surface area contributed by atoms with Crippen molar-refractivity contribution in [2.75, 3.05) is 12.8 Å². The average molecular weight is 367 g/mol. The van der Waals surface area contributed by atoms with E-state index in [1.165, 1.54) is 17.3 Å². The van der Waals surface area contributed by atoms with Crippen molar-refractivity contribution in [3.8, 4) is 11.4 Å². The third kappa shape index (κ3) is 4.11. The Morgan fingerprint density at radius 2 is 1.88 bits per heavy atom. The maximum absolute atomic E-state index is 12.5. The molecule has 0 radical (unpaired) electrons. The van der Waals surface area contributed by atoms with Crippen molar-refractivity contribution in [3.63, 3.8) is 0 Å². The lowest BCUT2D eigenvalue weighted by molar-refractivity contribution is -0.127. The molecule has 2 heterocycles. The molecule has 26 heavy (non-hydrogen) atoms. The van der Waals surface area contributed by atoms with Crippen LogP contribution in [0.15, 0.2) is 53.9 Å². The second-order valence-electron chi connectivity index (χ2n) is 6.07. The highest BCUT2D eigenvalue weighted by Crippen LogP contribution is 2.22. The van der Waals surface area contributed by atoms with E-state index in [9.17, 15) is 4.79 Å². The SMILES string of the molecule is Cc1ccccc1CN(C)C(=O)CSc1nnc(-c2ccncc2)n1C. The molecule has 1 amide bonds. The number of hydrogen-bond donors (Lipinski definition) is 0. The quantitative estimate of drug-likeness (QED) is 0.627. The van der Waals surface area contributed by atoms with Crippen LogP contribution >= 0.6 is 11.8 Å². The average Bonchev–Trinajstić information content (AvgIpc) is 3.03. The van der Waals surface area contributed by atoms with Crippen molar-refractivity contribution in [2.24, 2.45) is 7.05 Å². The summed E-state index contributed by atoms with van der Waals surface area (Å²) in [7, 11) is 3.73. The van der Waals surface area contributed by atoms with Crippen molar-refractivity contribution in [3.05, 3.63) is 59.9 Å². The summed E-state index contributed by atoms with van der Waals surface area (Å²) >= 11 is 1.40. The second kappa shape index (κ2) is 8.14. The molecule has 0 spiro atoms. The van der Waals surface area contributed by atoms with Crippen LogP contribution in [0.25, 0.3) is 11.4 Å². The van der Waals surface area contributed by atoms with Crippen LogP contribution in [0.3, 0.4) is 0 Å². The molecular weight excluding hydrogens is 346 g/mol. The van der Waals surface area contributed by atoms with E-state index in [0.29, 0.717) is 12.3 Å². The molecular formula is C19H21N5OS. The molecule has 0 N–H and O–H groups in total. The molecule has 1 aromatic carbocycles. The van der Waals surface area contributed by atoms with Crippen molar-refractivity contribution >= 4 is 17.7 Å². The van der Waals surface area contributed by atoms with Gasteiger partial charge in [0.1, 0.15) is 0 Å². The normalized spacial score (nSPS) is 10.7. The topological polar surface area (TPSA) is 63.9 Å². The van der Waals surface area contributed by atoms with Gasteiger partial charge >= 0.3 is 0 Å². The van der Waals surface area contributed by atoms with Crippen LogP contribution in [0.1, 0.15) is 11.1 Å². The van der Waals surface area contributed by atoms with E-state index >= 15 is 0 Å². The zero-order chi connectivity index (χ0) is 18.5. The molecule has 7 heteroatoms. The first kappa shape index (κ1) is 18.1. The molecule has 0 saturated heterocycles. The van der Waals surface area contributed by atoms with Crippen molar-refractivity contribution in [1.29, 1.82) is 0 Å². The molecule has 0 fully saturated rings. The Hall–Kier alpha value is -2.67. The Labute approximate surface area is 157 Å². The Morgan fingerprint density at radius 1 is 1.15 bits per heavy atom. The number of benzene rings is 1. The maximum atomic E-state index is 12.5. The molecule has 134 valence electrons. The monoisotopic (exact) mass is 367 g/mol. The highest BCUT2D eigenvalue weighted by molar-refractivity contribution is 7.99. The first-order valence-electron chi connectivity index (χ1n) is 8.27. The molecule has 0 aliphatic carbocycles. The van der Waals surface area contributed by atoms with Crippen LogP contribution in [-0.2, 0) is 18.4 Å². The highest BCUT2D eigenvalue weighted by atomic mass is 32.2. The number of carbonyl (C=O) groups excluding carboxylic acids is 1. The van der Waals surface area contributed by atoms with Crippen LogP contribution in [0, 0.1) is 6.92 Å². The van der Waals surface area contributed by atoms with Gasteiger partial charge < -0.3 is 9.47 Å². The summed E-state index contributed by atoms with van der Waals surface area (Å²) < 4.78 is 1.90. The lowest BCUT2D eigenvalue weighted by Crippen LogP contribution is -2.28. The summed E-state index contributed by atoms with van der Waals surface area (Å²) in [6.07, 6.45) is 3.45. The molecule has 0 aliphatic heterocycles. The van der Waals surface area contributed by atoms with Crippen LogP contribution in [-0.4, -0.2) is 43.4 Å². The van der Waals surface area contributed by atoms with Gasteiger partial charge in [0, 0.05) is 38.6 Å². The summed E-state index contributed by atoms with van der Waals surface area (Å²) in [6.45, 7) is 2.66. The second-order valence-corrected chi connectivity index (χ2v) is 7.01. The largest absolute Gasteiger partial charge is 0.341 e. The number of aryl methyl sites for hydroxylation is 1. The van der Waals surface area contributed by atoms with E-state index in [1.807, 2.05) is 42.9 Å². The third-order valence-electron chi connectivity index (χ3n) is 4.19. The predicted octanol–water partition coefficient (Wildman–Crippen LogP) is 2.94. The van der Waals surface area contributed by atoms with E-state index < -0.39 is 0 Å². The number of amides is 1. The van der Waals surface area contributed by atoms with E-state index in [0.717, 1.165) is 22.1 Å². The Bertz CT molecular complexity index is 894. The predicted molar refractivity (Wildman–Crippen MR) is 103 cm³/mol. The van der Waals surface area contributed by atoms with Gasteiger partial charge in [-0.25, -0.2) is 0 Å². The maximum Gasteiger partial charge on any atom is 0.233 e. The molecule has 0 aliphatic rings. The summed E-state index contributed by atoms with van der Waals surface area (Å²) in [5.74, 6) is 1.15. The molecule has 0 atom stereocenters. The van der Waals surface area contributed by atoms with E-state index in [1.54, 1.807) is 17.3 Å². The summed E-state index contributed by atoms with van der Waals surface area (Å²) in [5, 5.41) is 9.15. The van der Waals surface area contributed by atoms with Gasteiger partial charge in [0.2, 0.25) is 5.91 Å². The van der Waals surface area contributed by atoms with Gasteiger partial charge in [-0.2, -0.15) is 0 Å². The minimum Gasteiger partial charge on any atom is -0.341 e. The number of pyridine rings is 1. The van der Waals surface area contributed by atoms with Gasteiger partial charge in [-0.15, -0.1) is 10.2 Å². The fourth-order valence-electron chi connectivity index (χ4n) is 2.56. The minimum absolute atomic E-state index is 0.0618. The standard InChI is InChI=1S/C19H21N5OS/c1-14-6-4-5-7-16(14)12-23(2)17(25)13-26-19-22-21-18(24(19)3)15-8-10-20-11-9-15/h4-11H,12-13H2,1-3H3. The van der Waals surface area contributed by atoms with E-state index in [-0.39, 0.29) is 5.91 Å². The van der Waals surface area contributed by atoms with Gasteiger partial charge in [-0.3, -0.25) is 9.78 Å². The van der Waals surface area contributed by atoms with Gasteiger partial charge in [0.25, 0.3) is 0 Å². The fraction of sp³-hybridized carbons (Fsp3) is 0.263. The van der Waals surface area contributed by atoms with Gasteiger partial charge in [-0.05, 0) is 30.2 Å². The Kier molecular flexibility index (Phi) is 5.68. The smallest absolute Gasteiger partial charge is 0.233 e. The lowest BCUT2D eigenvalue weighted by atomic mass is 10.1. The summed E-state index contributed by atoms with van der Waals surface area (Å²) in [6, 6.07) is 11.9. The number of rotatable bonds is 6. The van der Waals surface area contributed by atoms with Gasteiger partial charge in [-0.1, -0.05) is 36.0 Å². The molecule has 0 unspecified atom stereocenters. The van der Waals surface area contributed by atoms with Gasteiger partial charge in [0.15, 0.2) is 11.0 Å². The molecule has 6 nitrogen and oxygen atoms in total. The zero-order valence-electron chi connectivity index (χ0n) is 15.1. The zero-order valence-corrected chi connectivity index (χ0v) is 15.9. The molecule has 3 aromatic rings. The fourth-order valence-corrected chi connectivity index (χ4v) is 3.41. The highest BCUT2D eigenvalue weighted by Gasteiger charge is 2.15. The molecule has 2 aromatic heterocycles. The van der Waals surface area contributed by atoms with E-state index in [4.69, 9.17) is 0 Å². The lowest BCUT2D eigenvalue weighted by Gasteiger charge is -2.18. The van der Waals surface area contributed by atoms with Crippen molar-refractivity contribution < 1.29 is 4.79 Å². The van der Waals surface area contributed by atoms with Crippen molar-refractivity contribution in [2.45, 2.75) is 18.6 Å². The van der Waals surface area contributed by atoms with Gasteiger partial charge in [0.05, 0.1) is 5.75 Å². The first-order valence-corrected chi connectivity index (χ1v) is 9.26. The summed E-state index contributed by atoms with van der Waals surface area (Å²) in [4.78, 5) is 18.2. The van der Waals surface area contributed by atoms with E-state index in [2.05, 4.69) is 34.2 Å².